The van der Waals surface area contributed by atoms with Crippen LogP contribution in [0.5, 0.6) is 0 Å². The summed E-state index contributed by atoms with van der Waals surface area (Å²) in [5.41, 5.74) is 0. The first-order chi connectivity index (χ1) is 8.86. The number of nitrogens with zero attached hydrogens (tertiary/aromatic N) is 4. The van der Waals surface area contributed by atoms with E-state index in [1.807, 2.05) is 24.5 Å². The van der Waals surface area contributed by atoms with Crippen LogP contribution in [0.2, 0.25) is 0 Å². The number of aryl methyl sites for hydroxylation is 2. The average molecular weight is 246 g/mol. The molecule has 0 radical (unpaired) electrons. The Morgan fingerprint density at radius 1 is 0.889 bits per heavy atom. The highest BCUT2D eigenvalue weighted by Crippen LogP contribution is 2.10. The van der Waals surface area contributed by atoms with E-state index in [1.54, 1.807) is 0 Å². The van der Waals surface area contributed by atoms with Crippen LogP contribution in [0.3, 0.4) is 0 Å². The van der Waals surface area contributed by atoms with Gasteiger partial charge in [0.05, 0.1) is 0 Å². The summed E-state index contributed by atoms with van der Waals surface area (Å²) in [6.07, 6.45) is 10.8. The molecule has 2 aromatic heterocycles. The van der Waals surface area contributed by atoms with Crippen LogP contribution >= 0.6 is 0 Å². The molecular formula is C14H22N4. The standard InChI is InChI=1S/C14H22N4/c1-3-5-9-13-15-16-14(10-6-4-2)18(13)17-11-7-8-12-17/h7-8,11-12H,3-6,9-10H2,1-2H3. The van der Waals surface area contributed by atoms with Crippen molar-refractivity contribution in [3.63, 3.8) is 0 Å². The van der Waals surface area contributed by atoms with E-state index >= 15 is 0 Å². The molecule has 0 bridgehead atoms. The van der Waals surface area contributed by atoms with Crippen LogP contribution in [-0.2, 0) is 12.8 Å². The van der Waals surface area contributed by atoms with E-state index in [-0.39, 0.29) is 0 Å². The minimum absolute atomic E-state index is 0.994. The monoisotopic (exact) mass is 246 g/mol. The molecule has 4 nitrogen and oxygen atoms in total. The summed E-state index contributed by atoms with van der Waals surface area (Å²) in [6, 6.07) is 4.07. The Bertz CT molecular complexity index is 431. The molecule has 0 aliphatic carbocycles. The van der Waals surface area contributed by atoms with E-state index in [4.69, 9.17) is 0 Å². The Kier molecular flexibility index (Phi) is 4.56. The SMILES string of the molecule is CCCCc1nnc(CCCC)n1-n1cccc1. The summed E-state index contributed by atoms with van der Waals surface area (Å²) in [7, 11) is 0. The molecule has 0 unspecified atom stereocenters. The minimum atomic E-state index is 0.994. The van der Waals surface area contributed by atoms with Gasteiger partial charge in [-0.15, -0.1) is 10.2 Å². The lowest BCUT2D eigenvalue weighted by Crippen LogP contribution is -2.14. The first kappa shape index (κ1) is 12.9. The van der Waals surface area contributed by atoms with Gasteiger partial charge in [-0.2, -0.15) is 0 Å². The summed E-state index contributed by atoms with van der Waals surface area (Å²) >= 11 is 0. The fourth-order valence-corrected chi connectivity index (χ4v) is 2.06. The molecule has 0 saturated carbocycles. The van der Waals surface area contributed by atoms with Crippen molar-refractivity contribution in [2.24, 2.45) is 0 Å². The molecule has 0 atom stereocenters. The molecule has 4 heteroatoms. The molecule has 0 fully saturated rings. The fourth-order valence-electron chi connectivity index (χ4n) is 2.06. The Morgan fingerprint density at radius 2 is 1.39 bits per heavy atom. The van der Waals surface area contributed by atoms with Gasteiger partial charge in [0.25, 0.3) is 0 Å². The second kappa shape index (κ2) is 6.38. The highest BCUT2D eigenvalue weighted by molar-refractivity contribution is 5.01. The first-order valence-electron chi connectivity index (χ1n) is 6.93. The van der Waals surface area contributed by atoms with E-state index in [0.717, 1.165) is 37.3 Å². The molecule has 18 heavy (non-hydrogen) atoms. The maximum absolute atomic E-state index is 4.35. The van der Waals surface area contributed by atoms with Gasteiger partial charge in [0, 0.05) is 25.2 Å². The lowest BCUT2D eigenvalue weighted by atomic mass is 10.2. The number of hydrogen-bond donors (Lipinski definition) is 0. The van der Waals surface area contributed by atoms with Gasteiger partial charge in [-0.3, -0.25) is 4.68 Å². The molecule has 0 aliphatic heterocycles. The predicted molar refractivity (Wildman–Crippen MR) is 72.5 cm³/mol. The van der Waals surface area contributed by atoms with Gasteiger partial charge in [-0.1, -0.05) is 26.7 Å². The number of aromatic nitrogens is 4. The normalized spacial score (nSPS) is 11.0. The zero-order chi connectivity index (χ0) is 12.8. The summed E-state index contributed by atoms with van der Waals surface area (Å²) in [5, 5.41) is 8.71. The van der Waals surface area contributed by atoms with Gasteiger partial charge >= 0.3 is 0 Å². The minimum Gasteiger partial charge on any atom is -0.261 e. The smallest absolute Gasteiger partial charge is 0.153 e. The summed E-state index contributed by atoms with van der Waals surface area (Å²) in [6.45, 7) is 4.41. The van der Waals surface area contributed by atoms with Gasteiger partial charge in [0.1, 0.15) is 0 Å². The van der Waals surface area contributed by atoms with Crippen molar-refractivity contribution in [3.8, 4) is 0 Å². The number of unbranched alkanes of at least 4 members (excludes halogenated alkanes) is 2. The predicted octanol–water partition coefficient (Wildman–Crippen LogP) is 3.08. The zero-order valence-electron chi connectivity index (χ0n) is 11.3. The fraction of sp³-hybridized carbons (Fsp3) is 0.571. The lowest BCUT2D eigenvalue weighted by molar-refractivity contribution is 0.565. The van der Waals surface area contributed by atoms with Gasteiger partial charge in [-0.05, 0) is 25.0 Å². The molecule has 0 N–H and O–H groups in total. The van der Waals surface area contributed by atoms with Crippen LogP contribution in [0.4, 0.5) is 0 Å². The third kappa shape index (κ3) is 2.81. The molecular weight excluding hydrogens is 224 g/mol. The molecule has 0 saturated heterocycles. The molecule has 98 valence electrons. The Labute approximate surface area is 109 Å². The van der Waals surface area contributed by atoms with Crippen LogP contribution in [-0.4, -0.2) is 19.5 Å². The topological polar surface area (TPSA) is 35.6 Å². The highest BCUT2D eigenvalue weighted by atomic mass is 15.5. The maximum Gasteiger partial charge on any atom is 0.153 e. The van der Waals surface area contributed by atoms with Gasteiger partial charge < -0.3 is 0 Å². The first-order valence-corrected chi connectivity index (χ1v) is 6.93. The molecule has 0 aliphatic rings. The van der Waals surface area contributed by atoms with Crippen molar-refractivity contribution < 1.29 is 0 Å². The van der Waals surface area contributed by atoms with Crippen LogP contribution in [0.1, 0.15) is 51.2 Å². The Morgan fingerprint density at radius 3 is 1.83 bits per heavy atom. The second-order valence-electron chi connectivity index (χ2n) is 4.61. The zero-order valence-corrected chi connectivity index (χ0v) is 11.3. The summed E-state index contributed by atoms with van der Waals surface area (Å²) < 4.78 is 4.24. The molecule has 0 aromatic carbocycles. The van der Waals surface area contributed by atoms with Crippen LogP contribution in [0, 0.1) is 0 Å². The van der Waals surface area contributed by atoms with E-state index in [1.165, 1.54) is 12.8 Å². The highest BCUT2D eigenvalue weighted by Gasteiger charge is 2.12. The van der Waals surface area contributed by atoms with E-state index in [0.29, 0.717) is 0 Å². The third-order valence-electron chi connectivity index (χ3n) is 3.10. The van der Waals surface area contributed by atoms with Crippen LogP contribution in [0.25, 0.3) is 0 Å². The average Bonchev–Trinajstić information content (AvgIpc) is 3.02. The van der Waals surface area contributed by atoms with Gasteiger partial charge in [0.15, 0.2) is 11.6 Å². The van der Waals surface area contributed by atoms with Crippen molar-refractivity contribution in [1.82, 2.24) is 19.5 Å². The van der Waals surface area contributed by atoms with Crippen LogP contribution < -0.4 is 0 Å². The van der Waals surface area contributed by atoms with Crippen molar-refractivity contribution in [3.05, 3.63) is 36.2 Å². The summed E-state index contributed by atoms with van der Waals surface area (Å²) in [5.74, 6) is 2.14. The Balaban J connectivity index is 2.27. The van der Waals surface area contributed by atoms with Crippen molar-refractivity contribution >= 4 is 0 Å². The van der Waals surface area contributed by atoms with E-state index in [2.05, 4.69) is 33.4 Å². The van der Waals surface area contributed by atoms with Crippen molar-refractivity contribution in [2.45, 2.75) is 52.4 Å². The molecule has 0 spiro atoms. The third-order valence-corrected chi connectivity index (χ3v) is 3.10. The van der Waals surface area contributed by atoms with Gasteiger partial charge in [0.2, 0.25) is 0 Å². The molecule has 2 rings (SSSR count). The quantitative estimate of drug-likeness (QED) is 0.752. The number of rotatable bonds is 7. The van der Waals surface area contributed by atoms with E-state index < -0.39 is 0 Å². The Hall–Kier alpha value is -1.58. The van der Waals surface area contributed by atoms with Crippen LogP contribution in [0.15, 0.2) is 24.5 Å². The van der Waals surface area contributed by atoms with Crippen molar-refractivity contribution in [2.75, 3.05) is 0 Å². The lowest BCUT2D eigenvalue weighted by Gasteiger charge is -2.11. The largest absolute Gasteiger partial charge is 0.261 e. The maximum atomic E-state index is 4.35. The molecule has 2 heterocycles. The number of hydrogen-bond acceptors (Lipinski definition) is 2. The molecule has 0 amide bonds. The summed E-state index contributed by atoms with van der Waals surface area (Å²) in [4.78, 5) is 0. The second-order valence-corrected chi connectivity index (χ2v) is 4.61. The molecule has 2 aromatic rings. The van der Waals surface area contributed by atoms with Gasteiger partial charge in [-0.25, -0.2) is 4.68 Å². The van der Waals surface area contributed by atoms with Crippen molar-refractivity contribution in [1.29, 1.82) is 0 Å². The van der Waals surface area contributed by atoms with E-state index in [9.17, 15) is 0 Å².